The largest absolute Gasteiger partial charge is 0.444 e. The van der Waals surface area contributed by atoms with Crippen molar-refractivity contribution in [2.24, 2.45) is 11.1 Å². The van der Waals surface area contributed by atoms with Gasteiger partial charge in [0, 0.05) is 30.1 Å². The summed E-state index contributed by atoms with van der Waals surface area (Å²) in [5, 5.41) is 5.06. The number of nitrogens with two attached hydrogens (primary N) is 1. The van der Waals surface area contributed by atoms with Crippen LogP contribution in [0.4, 0.5) is 5.69 Å². The number of carbonyl (C=O) groups is 1. The van der Waals surface area contributed by atoms with E-state index in [0.717, 1.165) is 5.56 Å². The van der Waals surface area contributed by atoms with Crippen molar-refractivity contribution in [2.75, 3.05) is 17.2 Å². The maximum absolute atomic E-state index is 12.1. The number of rotatable bonds is 4. The molecule has 7 nitrogen and oxygen atoms in total. The molecule has 1 fully saturated rings. The maximum atomic E-state index is 12.1. The Kier molecular flexibility index (Phi) is 3.71. The zero-order valence-corrected chi connectivity index (χ0v) is 12.5. The number of benzene rings is 1. The van der Waals surface area contributed by atoms with Crippen molar-refractivity contribution >= 4 is 21.6 Å². The van der Waals surface area contributed by atoms with Crippen molar-refractivity contribution < 1.29 is 17.6 Å². The first-order valence-electron chi connectivity index (χ1n) is 6.72. The van der Waals surface area contributed by atoms with Crippen LogP contribution >= 0.6 is 0 Å². The summed E-state index contributed by atoms with van der Waals surface area (Å²) in [7, 11) is -3.58. The van der Waals surface area contributed by atoms with Crippen molar-refractivity contribution in [1.82, 2.24) is 4.98 Å². The molecule has 1 amide bonds. The van der Waals surface area contributed by atoms with Gasteiger partial charge in [0.15, 0.2) is 12.2 Å². The van der Waals surface area contributed by atoms with Gasteiger partial charge in [-0.2, -0.15) is 0 Å². The molecule has 2 heterocycles. The highest BCUT2D eigenvalue weighted by molar-refractivity contribution is 7.89. The maximum Gasteiger partial charge on any atom is 0.227 e. The van der Waals surface area contributed by atoms with E-state index >= 15 is 0 Å². The average Bonchev–Trinajstić information content (AvgIpc) is 3.07. The van der Waals surface area contributed by atoms with Gasteiger partial charge in [-0.3, -0.25) is 4.79 Å². The lowest BCUT2D eigenvalue weighted by molar-refractivity contribution is -0.117. The summed E-state index contributed by atoms with van der Waals surface area (Å²) in [6.45, 7) is 0.342. The van der Waals surface area contributed by atoms with Gasteiger partial charge in [-0.05, 0) is 12.1 Å². The Labute approximate surface area is 127 Å². The molecule has 1 aliphatic rings. The highest BCUT2D eigenvalue weighted by atomic mass is 32.2. The Balaban J connectivity index is 1.83. The Morgan fingerprint density at radius 2 is 2.23 bits per heavy atom. The zero-order valence-electron chi connectivity index (χ0n) is 11.7. The van der Waals surface area contributed by atoms with Gasteiger partial charge in [0.25, 0.3) is 0 Å². The molecule has 8 heteroatoms. The summed E-state index contributed by atoms with van der Waals surface area (Å²) < 4.78 is 27.6. The van der Waals surface area contributed by atoms with E-state index in [1.54, 1.807) is 17.2 Å². The number of anilines is 1. The van der Waals surface area contributed by atoms with Crippen LogP contribution in [0.3, 0.4) is 0 Å². The summed E-state index contributed by atoms with van der Waals surface area (Å²) in [4.78, 5) is 17.6. The molecule has 116 valence electrons. The standard InChI is InChI=1S/C14H15N3O4S/c15-22(19,20)8-10-4-14(18)17(7-10)12-3-1-2-11(5-12)13-6-16-9-21-13/h1-3,5-6,9-10H,4,7-8H2,(H2,15,19,20). The number of primary sulfonamides is 1. The molecule has 3 rings (SSSR count). The molecular formula is C14H15N3O4S. The third-order valence-electron chi connectivity index (χ3n) is 3.55. The van der Waals surface area contributed by atoms with Gasteiger partial charge in [0.2, 0.25) is 15.9 Å². The first kappa shape index (κ1) is 14.7. The van der Waals surface area contributed by atoms with Crippen LogP contribution in [0.25, 0.3) is 11.3 Å². The molecule has 2 N–H and O–H groups in total. The Bertz CT molecular complexity index is 786. The van der Waals surface area contributed by atoms with E-state index in [0.29, 0.717) is 18.0 Å². The van der Waals surface area contributed by atoms with Crippen molar-refractivity contribution in [3.63, 3.8) is 0 Å². The molecule has 1 aromatic heterocycles. The molecule has 0 aliphatic carbocycles. The topological polar surface area (TPSA) is 106 Å². The predicted molar refractivity (Wildman–Crippen MR) is 80.4 cm³/mol. The fraction of sp³-hybridized carbons (Fsp3) is 0.286. The Morgan fingerprint density at radius 3 is 2.91 bits per heavy atom. The number of hydrogen-bond acceptors (Lipinski definition) is 5. The fourth-order valence-electron chi connectivity index (χ4n) is 2.66. The highest BCUT2D eigenvalue weighted by Gasteiger charge is 2.32. The molecule has 1 unspecified atom stereocenters. The second-order valence-electron chi connectivity index (χ2n) is 5.32. The summed E-state index contributed by atoms with van der Waals surface area (Å²) in [5.41, 5.74) is 1.51. The van der Waals surface area contributed by atoms with Crippen molar-refractivity contribution in [3.8, 4) is 11.3 Å². The van der Waals surface area contributed by atoms with Gasteiger partial charge in [0.1, 0.15) is 0 Å². The highest BCUT2D eigenvalue weighted by Crippen LogP contribution is 2.29. The van der Waals surface area contributed by atoms with Gasteiger partial charge < -0.3 is 9.32 Å². The molecular weight excluding hydrogens is 306 g/mol. The summed E-state index contributed by atoms with van der Waals surface area (Å²) in [6.07, 6.45) is 3.11. The predicted octanol–water partition coefficient (Wildman–Crippen LogP) is 0.983. The van der Waals surface area contributed by atoms with Crippen LogP contribution in [0, 0.1) is 5.92 Å². The van der Waals surface area contributed by atoms with Gasteiger partial charge in [-0.25, -0.2) is 18.5 Å². The summed E-state index contributed by atoms with van der Waals surface area (Å²) in [6, 6.07) is 7.29. The Morgan fingerprint density at radius 1 is 1.41 bits per heavy atom. The average molecular weight is 321 g/mol. The van der Waals surface area contributed by atoms with Crippen LogP contribution in [-0.2, 0) is 14.8 Å². The molecule has 0 spiro atoms. The molecule has 1 aromatic carbocycles. The first-order chi connectivity index (χ1) is 10.4. The quantitative estimate of drug-likeness (QED) is 0.903. The van der Waals surface area contributed by atoms with Crippen LogP contribution < -0.4 is 10.0 Å². The minimum atomic E-state index is -3.58. The Hall–Kier alpha value is -2.19. The first-order valence-corrected chi connectivity index (χ1v) is 8.44. The second-order valence-corrected chi connectivity index (χ2v) is 6.98. The monoisotopic (exact) mass is 321 g/mol. The third-order valence-corrected chi connectivity index (χ3v) is 4.48. The van der Waals surface area contributed by atoms with E-state index in [9.17, 15) is 13.2 Å². The van der Waals surface area contributed by atoms with Crippen molar-refractivity contribution in [1.29, 1.82) is 0 Å². The lowest BCUT2D eigenvalue weighted by atomic mass is 10.1. The molecule has 0 bridgehead atoms. The minimum Gasteiger partial charge on any atom is -0.444 e. The van der Waals surface area contributed by atoms with E-state index in [1.807, 2.05) is 18.2 Å². The van der Waals surface area contributed by atoms with E-state index in [1.165, 1.54) is 6.39 Å². The number of sulfonamides is 1. The molecule has 0 radical (unpaired) electrons. The lowest BCUT2D eigenvalue weighted by Crippen LogP contribution is -2.27. The summed E-state index contributed by atoms with van der Waals surface area (Å²) >= 11 is 0. The van der Waals surface area contributed by atoms with Gasteiger partial charge in [-0.15, -0.1) is 0 Å². The van der Waals surface area contributed by atoms with Crippen LogP contribution in [0.1, 0.15) is 6.42 Å². The fourth-order valence-corrected chi connectivity index (χ4v) is 3.54. The minimum absolute atomic E-state index is 0.108. The number of nitrogens with zero attached hydrogens (tertiary/aromatic N) is 2. The molecule has 22 heavy (non-hydrogen) atoms. The van der Waals surface area contributed by atoms with Crippen LogP contribution in [0.5, 0.6) is 0 Å². The molecule has 1 saturated heterocycles. The van der Waals surface area contributed by atoms with Crippen LogP contribution in [0.15, 0.2) is 41.3 Å². The zero-order chi connectivity index (χ0) is 15.7. The van der Waals surface area contributed by atoms with Crippen molar-refractivity contribution in [2.45, 2.75) is 6.42 Å². The van der Waals surface area contributed by atoms with Crippen molar-refractivity contribution in [3.05, 3.63) is 36.9 Å². The van der Waals surface area contributed by atoms with E-state index in [2.05, 4.69) is 4.98 Å². The van der Waals surface area contributed by atoms with Gasteiger partial charge in [-0.1, -0.05) is 12.1 Å². The third kappa shape index (κ3) is 3.18. The van der Waals surface area contributed by atoms with Crippen LogP contribution in [0.2, 0.25) is 0 Å². The SMILES string of the molecule is NS(=O)(=O)CC1CC(=O)N(c2cccc(-c3cnco3)c2)C1. The van der Waals surface area contributed by atoms with Crippen LogP contribution in [-0.4, -0.2) is 31.6 Å². The van der Waals surface area contributed by atoms with E-state index in [-0.39, 0.29) is 24.0 Å². The molecule has 0 saturated carbocycles. The number of amides is 1. The molecule has 2 aromatic rings. The van der Waals surface area contributed by atoms with E-state index < -0.39 is 10.0 Å². The molecule has 1 aliphatic heterocycles. The van der Waals surface area contributed by atoms with Gasteiger partial charge in [0.05, 0.1) is 11.9 Å². The number of oxazole rings is 1. The van der Waals surface area contributed by atoms with E-state index in [4.69, 9.17) is 9.56 Å². The summed E-state index contributed by atoms with van der Waals surface area (Å²) in [5.74, 6) is 0.0335. The second kappa shape index (κ2) is 5.54. The molecule has 1 atom stereocenters. The number of aromatic nitrogens is 1. The lowest BCUT2D eigenvalue weighted by Gasteiger charge is -2.17. The number of hydrogen-bond donors (Lipinski definition) is 1. The van der Waals surface area contributed by atoms with Gasteiger partial charge >= 0.3 is 0 Å². The normalized spacial score (nSPS) is 18.9. The number of carbonyl (C=O) groups excluding carboxylic acids is 1. The smallest absolute Gasteiger partial charge is 0.227 e.